The number of hydrogen-bond acceptors (Lipinski definition) is 5. The third-order valence-corrected chi connectivity index (χ3v) is 5.10. The van der Waals surface area contributed by atoms with Gasteiger partial charge in [0.15, 0.2) is 6.10 Å². The zero-order valence-corrected chi connectivity index (χ0v) is 16.4. The van der Waals surface area contributed by atoms with Crippen LogP contribution in [0.1, 0.15) is 39.7 Å². The SMILES string of the molecule is CCOC(=O)[C@@H](O)[C@@H]1[C@H](CC(C)=O)C(=O)N(Cc2ccccc2)[C@H]1C(C)C. The van der Waals surface area contributed by atoms with Gasteiger partial charge in [0.05, 0.1) is 12.5 Å². The second-order valence-electron chi connectivity index (χ2n) is 7.47. The molecule has 0 spiro atoms. The summed E-state index contributed by atoms with van der Waals surface area (Å²) < 4.78 is 4.98. The number of ether oxygens (including phenoxy) is 1. The summed E-state index contributed by atoms with van der Waals surface area (Å²) in [7, 11) is 0. The smallest absolute Gasteiger partial charge is 0.335 e. The highest BCUT2D eigenvalue weighted by Gasteiger charge is 2.53. The fourth-order valence-electron chi connectivity index (χ4n) is 4.06. The van der Waals surface area contributed by atoms with Crippen molar-refractivity contribution in [2.24, 2.45) is 17.8 Å². The van der Waals surface area contributed by atoms with Crippen LogP contribution in [0.25, 0.3) is 0 Å². The minimum absolute atomic E-state index is 0.00342. The third-order valence-electron chi connectivity index (χ3n) is 5.10. The lowest BCUT2D eigenvalue weighted by Gasteiger charge is -2.33. The highest BCUT2D eigenvalue weighted by molar-refractivity contribution is 5.89. The van der Waals surface area contributed by atoms with Crippen molar-refractivity contribution >= 4 is 17.7 Å². The average Bonchev–Trinajstić information content (AvgIpc) is 2.87. The van der Waals surface area contributed by atoms with E-state index in [1.165, 1.54) is 6.92 Å². The molecular weight excluding hydrogens is 346 g/mol. The third kappa shape index (κ3) is 4.75. The Balaban J connectivity index is 2.40. The molecule has 0 radical (unpaired) electrons. The van der Waals surface area contributed by atoms with Gasteiger partial charge in [-0.15, -0.1) is 0 Å². The second-order valence-corrected chi connectivity index (χ2v) is 7.47. The summed E-state index contributed by atoms with van der Waals surface area (Å²) >= 11 is 0. The lowest BCUT2D eigenvalue weighted by Crippen LogP contribution is -2.45. The number of benzene rings is 1. The number of likely N-dealkylation sites (tertiary alicyclic amines) is 1. The molecule has 6 heteroatoms. The van der Waals surface area contributed by atoms with Crippen molar-refractivity contribution in [2.75, 3.05) is 6.61 Å². The van der Waals surface area contributed by atoms with Gasteiger partial charge in [0.2, 0.25) is 5.91 Å². The molecule has 4 atom stereocenters. The number of carbonyl (C=O) groups excluding carboxylic acids is 3. The number of aliphatic hydroxyl groups excluding tert-OH is 1. The van der Waals surface area contributed by atoms with Gasteiger partial charge in [-0.05, 0) is 25.3 Å². The highest BCUT2D eigenvalue weighted by atomic mass is 16.5. The first-order valence-corrected chi connectivity index (χ1v) is 9.46. The van der Waals surface area contributed by atoms with Crippen LogP contribution in [0.2, 0.25) is 0 Å². The molecule has 6 nitrogen and oxygen atoms in total. The molecule has 0 bridgehead atoms. The Bertz CT molecular complexity index is 672. The molecule has 0 saturated carbocycles. The number of esters is 1. The molecule has 1 aromatic rings. The first-order chi connectivity index (χ1) is 12.8. The van der Waals surface area contributed by atoms with Gasteiger partial charge >= 0.3 is 5.97 Å². The van der Waals surface area contributed by atoms with Crippen LogP contribution in [0.4, 0.5) is 0 Å². The highest BCUT2D eigenvalue weighted by Crippen LogP contribution is 2.40. The summed E-state index contributed by atoms with van der Waals surface area (Å²) in [6.45, 7) is 7.52. The van der Waals surface area contributed by atoms with Crippen LogP contribution in [0.3, 0.4) is 0 Å². The number of nitrogens with zero attached hydrogens (tertiary/aromatic N) is 1. The lowest BCUT2D eigenvalue weighted by molar-refractivity contribution is -0.158. The Labute approximate surface area is 160 Å². The van der Waals surface area contributed by atoms with Crippen LogP contribution in [0.5, 0.6) is 0 Å². The number of ketones is 1. The van der Waals surface area contributed by atoms with Crippen LogP contribution in [-0.4, -0.2) is 46.4 Å². The quantitative estimate of drug-likeness (QED) is 0.704. The van der Waals surface area contributed by atoms with E-state index in [2.05, 4.69) is 0 Å². The van der Waals surface area contributed by atoms with E-state index >= 15 is 0 Å². The summed E-state index contributed by atoms with van der Waals surface area (Å²) in [5.41, 5.74) is 0.962. The number of carbonyl (C=O) groups is 3. The Morgan fingerprint density at radius 1 is 1.22 bits per heavy atom. The first kappa shape index (κ1) is 21.1. The number of rotatable bonds is 8. The molecule has 1 amide bonds. The maximum Gasteiger partial charge on any atom is 0.335 e. The van der Waals surface area contributed by atoms with Crippen LogP contribution in [-0.2, 0) is 25.7 Å². The van der Waals surface area contributed by atoms with Gasteiger partial charge in [-0.3, -0.25) is 4.79 Å². The van der Waals surface area contributed by atoms with Crippen LogP contribution >= 0.6 is 0 Å². The van der Waals surface area contributed by atoms with E-state index in [4.69, 9.17) is 4.74 Å². The maximum absolute atomic E-state index is 13.2. The number of hydrogen-bond donors (Lipinski definition) is 1. The van der Waals surface area contributed by atoms with E-state index in [-0.39, 0.29) is 36.7 Å². The van der Waals surface area contributed by atoms with Gasteiger partial charge in [-0.1, -0.05) is 44.2 Å². The number of amides is 1. The zero-order chi connectivity index (χ0) is 20.1. The first-order valence-electron chi connectivity index (χ1n) is 9.46. The molecule has 0 unspecified atom stereocenters. The monoisotopic (exact) mass is 375 g/mol. The summed E-state index contributed by atoms with van der Waals surface area (Å²) in [6.07, 6.45) is -1.43. The molecule has 1 heterocycles. The average molecular weight is 375 g/mol. The van der Waals surface area contributed by atoms with Gasteiger partial charge in [-0.2, -0.15) is 0 Å². The van der Waals surface area contributed by atoms with Gasteiger partial charge in [0, 0.05) is 24.9 Å². The van der Waals surface area contributed by atoms with Crippen LogP contribution < -0.4 is 0 Å². The summed E-state index contributed by atoms with van der Waals surface area (Å²) in [6, 6.07) is 9.21. The van der Waals surface area contributed by atoms with Crippen molar-refractivity contribution in [1.82, 2.24) is 4.90 Å². The van der Waals surface area contributed by atoms with Crippen molar-refractivity contribution in [3.8, 4) is 0 Å². The molecule has 1 aliphatic rings. The van der Waals surface area contributed by atoms with E-state index < -0.39 is 23.9 Å². The number of Topliss-reactive ketones (excluding diaryl/α,β-unsaturated/α-hetero) is 1. The molecule has 27 heavy (non-hydrogen) atoms. The number of aliphatic hydroxyl groups is 1. The van der Waals surface area contributed by atoms with E-state index in [0.29, 0.717) is 6.54 Å². The molecule has 0 aliphatic carbocycles. The van der Waals surface area contributed by atoms with Crippen molar-refractivity contribution < 1.29 is 24.2 Å². The molecule has 0 aromatic heterocycles. The van der Waals surface area contributed by atoms with Gasteiger partial charge < -0.3 is 19.5 Å². The van der Waals surface area contributed by atoms with E-state index in [1.54, 1.807) is 11.8 Å². The van der Waals surface area contributed by atoms with Crippen molar-refractivity contribution in [3.05, 3.63) is 35.9 Å². The molecule has 1 aromatic carbocycles. The standard InChI is InChI=1S/C21H29NO5/c1-5-27-21(26)19(24)17-16(11-14(4)23)20(25)22(18(17)13(2)3)12-15-9-7-6-8-10-15/h6-10,13,16-19,24H,5,11-12H2,1-4H3/t16-,17+,18-,19-/m0/s1. The molecule has 1 N–H and O–H groups in total. The maximum atomic E-state index is 13.2. The minimum atomic E-state index is -1.44. The fourth-order valence-corrected chi connectivity index (χ4v) is 4.06. The Morgan fingerprint density at radius 2 is 1.85 bits per heavy atom. The van der Waals surface area contributed by atoms with E-state index in [0.717, 1.165) is 5.56 Å². The van der Waals surface area contributed by atoms with E-state index in [9.17, 15) is 19.5 Å². The largest absolute Gasteiger partial charge is 0.464 e. The summed E-state index contributed by atoms with van der Waals surface area (Å²) in [5.74, 6) is -2.47. The van der Waals surface area contributed by atoms with Crippen LogP contribution in [0.15, 0.2) is 30.3 Å². The van der Waals surface area contributed by atoms with Crippen molar-refractivity contribution in [1.29, 1.82) is 0 Å². The lowest BCUT2D eigenvalue weighted by atomic mass is 9.79. The molecule has 148 valence electrons. The Morgan fingerprint density at radius 3 is 2.37 bits per heavy atom. The zero-order valence-electron chi connectivity index (χ0n) is 16.4. The predicted octanol–water partition coefficient (Wildman–Crippen LogP) is 2.19. The minimum Gasteiger partial charge on any atom is -0.464 e. The van der Waals surface area contributed by atoms with Crippen molar-refractivity contribution in [3.63, 3.8) is 0 Å². The van der Waals surface area contributed by atoms with Gasteiger partial charge in [-0.25, -0.2) is 4.79 Å². The van der Waals surface area contributed by atoms with Crippen LogP contribution in [0, 0.1) is 17.8 Å². The van der Waals surface area contributed by atoms with E-state index in [1.807, 2.05) is 44.2 Å². The normalized spacial score (nSPS) is 23.6. The predicted molar refractivity (Wildman–Crippen MR) is 101 cm³/mol. The molecule has 1 saturated heterocycles. The second kappa shape index (κ2) is 9.13. The molecule has 2 rings (SSSR count). The topological polar surface area (TPSA) is 83.9 Å². The molecule has 1 fully saturated rings. The summed E-state index contributed by atoms with van der Waals surface area (Å²) in [4.78, 5) is 38.9. The van der Waals surface area contributed by atoms with Gasteiger partial charge in [0.25, 0.3) is 0 Å². The van der Waals surface area contributed by atoms with Crippen molar-refractivity contribution in [2.45, 2.75) is 52.8 Å². The van der Waals surface area contributed by atoms with Gasteiger partial charge in [0.1, 0.15) is 5.78 Å². The Kier molecular flexibility index (Phi) is 7.13. The Hall–Kier alpha value is -2.21. The molecular formula is C21H29NO5. The molecule has 1 aliphatic heterocycles. The summed E-state index contributed by atoms with van der Waals surface area (Å²) in [5, 5.41) is 10.7. The fraction of sp³-hybridized carbons (Fsp3) is 0.571.